The Kier molecular flexibility index (Phi) is 4.95. The number of rotatable bonds is 4. The second-order valence-corrected chi connectivity index (χ2v) is 6.89. The van der Waals surface area contributed by atoms with Crippen LogP contribution in [-0.4, -0.2) is 77.9 Å². The van der Waals surface area contributed by atoms with Gasteiger partial charge in [-0.05, 0) is 24.4 Å². The molecule has 0 spiro atoms. The molecule has 4 N–H and O–H groups in total. The smallest absolute Gasteiger partial charge is 0.226 e. The zero-order valence-electron chi connectivity index (χ0n) is 14.0. The fraction of sp³-hybridized carbons (Fsp3) is 0.667. The Morgan fingerprint density at radius 1 is 1.19 bits per heavy atom. The van der Waals surface area contributed by atoms with Crippen LogP contribution in [0.15, 0.2) is 6.33 Å². The van der Waals surface area contributed by atoms with Crippen molar-refractivity contribution in [2.75, 3.05) is 25.1 Å². The number of aliphatic hydroxyl groups is 3. The quantitative estimate of drug-likeness (QED) is 0.534. The van der Waals surface area contributed by atoms with Gasteiger partial charge in [-0.15, -0.1) is 0 Å². The van der Waals surface area contributed by atoms with Gasteiger partial charge in [-0.25, -0.2) is 9.99 Å². The van der Waals surface area contributed by atoms with E-state index >= 15 is 0 Å². The van der Waals surface area contributed by atoms with Crippen LogP contribution in [0.3, 0.4) is 0 Å². The van der Waals surface area contributed by atoms with E-state index in [1.807, 2.05) is 0 Å². The molecular formula is C15H21ClN6O4. The van der Waals surface area contributed by atoms with Crippen LogP contribution in [0.2, 0.25) is 5.28 Å². The van der Waals surface area contributed by atoms with Crippen molar-refractivity contribution < 1.29 is 20.1 Å². The largest absolute Gasteiger partial charge is 0.394 e. The highest BCUT2D eigenvalue weighted by atomic mass is 35.5. The lowest BCUT2D eigenvalue weighted by atomic mass is 10.1. The molecule has 0 amide bonds. The predicted octanol–water partition coefficient (Wildman–Crippen LogP) is -0.0960. The highest BCUT2D eigenvalue weighted by Gasteiger charge is 2.44. The Hall–Kier alpha value is -1.56. The average Bonchev–Trinajstić information content (AvgIpc) is 3.17. The third-order valence-electron chi connectivity index (χ3n) is 4.81. The SMILES string of the molecule is OC[C@H]1O[C@@H](n2cnc3c(NN4CCCCC4)nc(Cl)nc32)C(O)C1O. The lowest BCUT2D eigenvalue weighted by molar-refractivity contribution is -0.0511. The van der Waals surface area contributed by atoms with Gasteiger partial charge in [0, 0.05) is 13.1 Å². The molecule has 0 bridgehead atoms. The van der Waals surface area contributed by atoms with Crippen molar-refractivity contribution in [1.82, 2.24) is 24.5 Å². The Morgan fingerprint density at radius 3 is 2.65 bits per heavy atom. The number of nitrogens with one attached hydrogen (secondary N) is 1. The number of imidazole rings is 1. The summed E-state index contributed by atoms with van der Waals surface area (Å²) in [7, 11) is 0. The molecule has 4 rings (SSSR count). The topological polar surface area (TPSA) is 129 Å². The molecule has 2 aromatic heterocycles. The maximum atomic E-state index is 10.3. The molecule has 0 aliphatic carbocycles. The monoisotopic (exact) mass is 384 g/mol. The Morgan fingerprint density at radius 2 is 1.96 bits per heavy atom. The molecule has 2 fully saturated rings. The molecule has 142 valence electrons. The minimum atomic E-state index is -1.23. The molecule has 11 heteroatoms. The van der Waals surface area contributed by atoms with E-state index in [-0.39, 0.29) is 5.28 Å². The summed E-state index contributed by atoms with van der Waals surface area (Å²) < 4.78 is 7.05. The van der Waals surface area contributed by atoms with Gasteiger partial charge in [-0.1, -0.05) is 6.42 Å². The molecule has 0 radical (unpaired) electrons. The highest BCUT2D eigenvalue weighted by Crippen LogP contribution is 2.32. The number of halogens is 1. The molecule has 4 atom stereocenters. The Bertz CT molecular complexity index is 783. The van der Waals surface area contributed by atoms with Gasteiger partial charge in [-0.3, -0.25) is 4.57 Å². The van der Waals surface area contributed by atoms with Crippen molar-refractivity contribution in [3.8, 4) is 0 Å². The summed E-state index contributed by atoms with van der Waals surface area (Å²) in [4.78, 5) is 12.8. The van der Waals surface area contributed by atoms with Gasteiger partial charge in [0.15, 0.2) is 23.2 Å². The van der Waals surface area contributed by atoms with Crippen molar-refractivity contribution in [3.05, 3.63) is 11.6 Å². The third-order valence-corrected chi connectivity index (χ3v) is 4.97. The van der Waals surface area contributed by atoms with Crippen LogP contribution in [0, 0.1) is 0 Å². The van der Waals surface area contributed by atoms with Crippen LogP contribution in [-0.2, 0) is 4.74 Å². The molecule has 2 saturated heterocycles. The molecule has 26 heavy (non-hydrogen) atoms. The van der Waals surface area contributed by atoms with E-state index in [4.69, 9.17) is 16.3 Å². The van der Waals surface area contributed by atoms with E-state index in [9.17, 15) is 15.3 Å². The molecule has 2 aromatic rings. The van der Waals surface area contributed by atoms with Gasteiger partial charge < -0.3 is 25.5 Å². The van der Waals surface area contributed by atoms with Crippen LogP contribution in [0.25, 0.3) is 11.2 Å². The summed E-state index contributed by atoms with van der Waals surface area (Å²) in [6.45, 7) is 1.40. The number of aliphatic hydroxyl groups excluding tert-OH is 3. The third kappa shape index (κ3) is 3.13. The lowest BCUT2D eigenvalue weighted by Gasteiger charge is -2.27. The summed E-state index contributed by atoms with van der Waals surface area (Å²) >= 11 is 6.08. The standard InChI is InChI=1S/C15H21ClN6O4/c16-15-18-12(20-21-4-2-1-3-5-21)9-13(19-15)22(7-17-9)14-11(25)10(24)8(6-23)26-14/h7-8,10-11,14,23-25H,1-6H2,(H,18,19,20)/t8-,10?,11?,14-/m1/s1. The van der Waals surface area contributed by atoms with E-state index in [1.165, 1.54) is 17.3 Å². The first-order chi connectivity index (χ1) is 12.6. The fourth-order valence-corrected chi connectivity index (χ4v) is 3.58. The maximum Gasteiger partial charge on any atom is 0.226 e. The molecule has 2 aliphatic heterocycles. The molecule has 4 heterocycles. The van der Waals surface area contributed by atoms with E-state index in [0.29, 0.717) is 17.0 Å². The number of anilines is 1. The van der Waals surface area contributed by atoms with Gasteiger partial charge in [-0.2, -0.15) is 9.97 Å². The van der Waals surface area contributed by atoms with Crippen molar-refractivity contribution in [1.29, 1.82) is 0 Å². The summed E-state index contributed by atoms with van der Waals surface area (Å²) in [5.74, 6) is 0.479. The summed E-state index contributed by atoms with van der Waals surface area (Å²) in [6.07, 6.45) is 0.631. The first-order valence-corrected chi connectivity index (χ1v) is 9.00. The van der Waals surface area contributed by atoms with Gasteiger partial charge >= 0.3 is 0 Å². The van der Waals surface area contributed by atoms with Crippen LogP contribution in [0.5, 0.6) is 0 Å². The zero-order chi connectivity index (χ0) is 18.3. The highest BCUT2D eigenvalue weighted by molar-refractivity contribution is 6.28. The number of hydrogen-bond acceptors (Lipinski definition) is 9. The van der Waals surface area contributed by atoms with E-state index in [2.05, 4.69) is 25.4 Å². The summed E-state index contributed by atoms with van der Waals surface area (Å²) in [5.41, 5.74) is 4.10. The van der Waals surface area contributed by atoms with Crippen molar-refractivity contribution in [2.45, 2.75) is 43.8 Å². The number of piperidine rings is 1. The van der Waals surface area contributed by atoms with Gasteiger partial charge in [0.1, 0.15) is 18.3 Å². The first kappa shape index (κ1) is 17.8. The second kappa shape index (κ2) is 7.22. The Balaban J connectivity index is 1.67. The fourth-order valence-electron chi connectivity index (χ4n) is 3.42. The molecule has 0 aromatic carbocycles. The number of nitrogens with zero attached hydrogens (tertiary/aromatic N) is 5. The van der Waals surface area contributed by atoms with Crippen LogP contribution in [0.4, 0.5) is 5.82 Å². The predicted molar refractivity (Wildman–Crippen MR) is 92.4 cm³/mol. The summed E-state index contributed by atoms with van der Waals surface area (Å²) in [6, 6.07) is 0. The molecule has 2 unspecified atom stereocenters. The number of aromatic nitrogens is 4. The Labute approximate surface area is 154 Å². The zero-order valence-corrected chi connectivity index (χ0v) is 14.7. The van der Waals surface area contributed by atoms with Crippen molar-refractivity contribution in [2.24, 2.45) is 0 Å². The average molecular weight is 385 g/mol. The van der Waals surface area contributed by atoms with E-state index in [1.54, 1.807) is 0 Å². The molecular weight excluding hydrogens is 364 g/mol. The molecule has 0 saturated carbocycles. The van der Waals surface area contributed by atoms with Crippen LogP contribution >= 0.6 is 11.6 Å². The van der Waals surface area contributed by atoms with E-state index < -0.39 is 31.1 Å². The number of hydrazine groups is 1. The minimum Gasteiger partial charge on any atom is -0.394 e. The van der Waals surface area contributed by atoms with Gasteiger partial charge in [0.05, 0.1) is 12.9 Å². The second-order valence-electron chi connectivity index (χ2n) is 6.55. The van der Waals surface area contributed by atoms with Crippen molar-refractivity contribution >= 4 is 28.6 Å². The van der Waals surface area contributed by atoms with Gasteiger partial charge in [0.2, 0.25) is 5.28 Å². The first-order valence-electron chi connectivity index (χ1n) is 8.62. The van der Waals surface area contributed by atoms with Crippen molar-refractivity contribution in [3.63, 3.8) is 0 Å². The number of hydrogen-bond donors (Lipinski definition) is 4. The van der Waals surface area contributed by atoms with E-state index in [0.717, 1.165) is 25.9 Å². The number of ether oxygens (including phenoxy) is 1. The molecule has 2 aliphatic rings. The summed E-state index contributed by atoms with van der Waals surface area (Å²) in [5, 5.41) is 31.6. The van der Waals surface area contributed by atoms with Crippen LogP contribution < -0.4 is 5.43 Å². The van der Waals surface area contributed by atoms with Gasteiger partial charge in [0.25, 0.3) is 0 Å². The lowest BCUT2D eigenvalue weighted by Crippen LogP contribution is -2.35. The minimum absolute atomic E-state index is 0.0329. The normalized spacial score (nSPS) is 30.2. The number of fused-ring (bicyclic) bond motifs is 1. The maximum absolute atomic E-state index is 10.3. The van der Waals surface area contributed by atoms with Crippen LogP contribution in [0.1, 0.15) is 25.5 Å². The molecule has 10 nitrogen and oxygen atoms in total.